The molecule has 122 valence electrons. The van der Waals surface area contributed by atoms with Crippen molar-refractivity contribution < 1.29 is 4.79 Å². The molecule has 6 rings (SSSR count). The Morgan fingerprint density at radius 1 is 1.13 bits per heavy atom. The van der Waals surface area contributed by atoms with Crippen molar-refractivity contribution in [3.8, 4) is 0 Å². The van der Waals surface area contributed by atoms with E-state index in [-0.39, 0.29) is 5.54 Å². The van der Waals surface area contributed by atoms with Crippen LogP contribution in [0.4, 0.5) is 11.4 Å². The van der Waals surface area contributed by atoms with Crippen molar-refractivity contribution in [2.45, 2.75) is 49.9 Å². The monoisotopic (exact) mass is 311 g/mol. The first kappa shape index (κ1) is 13.8. The molecule has 23 heavy (non-hydrogen) atoms. The maximum Gasteiger partial charge on any atom is 0.225 e. The van der Waals surface area contributed by atoms with Crippen molar-refractivity contribution >= 4 is 17.7 Å². The van der Waals surface area contributed by atoms with Crippen molar-refractivity contribution in [2.24, 2.45) is 17.8 Å². The number of anilines is 2. The minimum Gasteiger partial charge on any atom is -0.343 e. The summed E-state index contributed by atoms with van der Waals surface area (Å²) >= 11 is 0. The Morgan fingerprint density at radius 2 is 1.74 bits per heavy atom. The first-order chi connectivity index (χ1) is 11.1. The molecule has 1 unspecified atom stereocenters. The van der Waals surface area contributed by atoms with E-state index < -0.39 is 5.79 Å². The highest BCUT2D eigenvalue weighted by atomic mass is 16.1. The van der Waals surface area contributed by atoms with Crippen LogP contribution in [-0.4, -0.2) is 24.7 Å². The van der Waals surface area contributed by atoms with Crippen molar-refractivity contribution in [1.82, 2.24) is 5.32 Å². The molecule has 1 aliphatic heterocycles. The summed E-state index contributed by atoms with van der Waals surface area (Å²) in [5.74, 6) is 1.81. The number of hydrogen-bond donors (Lipinski definition) is 2. The third kappa shape index (κ3) is 1.90. The molecule has 0 saturated heterocycles. The summed E-state index contributed by atoms with van der Waals surface area (Å²) in [7, 11) is 2.01. The first-order valence-electron chi connectivity index (χ1n) is 8.98. The van der Waals surface area contributed by atoms with Crippen molar-refractivity contribution in [1.29, 1.82) is 0 Å². The zero-order chi connectivity index (χ0) is 15.7. The van der Waals surface area contributed by atoms with Gasteiger partial charge in [0.05, 0.1) is 11.4 Å². The zero-order valence-electron chi connectivity index (χ0n) is 13.7. The number of rotatable bonds is 3. The molecule has 4 heteroatoms. The van der Waals surface area contributed by atoms with E-state index >= 15 is 0 Å². The second kappa shape index (κ2) is 4.50. The summed E-state index contributed by atoms with van der Waals surface area (Å²) in [5.41, 5.74) is 2.27. The molecule has 0 amide bonds. The van der Waals surface area contributed by atoms with E-state index in [1.165, 1.54) is 38.5 Å². The Labute approximate surface area is 137 Å². The van der Waals surface area contributed by atoms with Gasteiger partial charge in [0.2, 0.25) is 5.79 Å². The largest absolute Gasteiger partial charge is 0.343 e. The maximum absolute atomic E-state index is 12.2. The Bertz CT molecular complexity index is 622. The van der Waals surface area contributed by atoms with Crippen LogP contribution in [0.3, 0.4) is 0 Å². The number of hydrogen-bond acceptors (Lipinski definition) is 4. The maximum atomic E-state index is 12.2. The molecule has 1 aromatic carbocycles. The third-order valence-electron chi connectivity index (χ3n) is 6.78. The van der Waals surface area contributed by atoms with Gasteiger partial charge in [0.1, 0.15) is 0 Å². The van der Waals surface area contributed by atoms with E-state index in [0.717, 1.165) is 35.4 Å². The normalized spacial score (nSPS) is 43.3. The van der Waals surface area contributed by atoms with Crippen LogP contribution >= 0.6 is 0 Å². The predicted molar refractivity (Wildman–Crippen MR) is 91.3 cm³/mol. The molecule has 4 fully saturated rings. The van der Waals surface area contributed by atoms with E-state index in [1.807, 2.05) is 19.2 Å². The quantitative estimate of drug-likeness (QED) is 0.843. The lowest BCUT2D eigenvalue weighted by atomic mass is 9.53. The number of fused-ring (bicyclic) bond motifs is 1. The van der Waals surface area contributed by atoms with Gasteiger partial charge >= 0.3 is 0 Å². The minimum absolute atomic E-state index is 0.138. The van der Waals surface area contributed by atoms with Gasteiger partial charge in [-0.3, -0.25) is 10.1 Å². The van der Waals surface area contributed by atoms with Crippen LogP contribution in [0.15, 0.2) is 24.3 Å². The fourth-order valence-corrected chi connectivity index (χ4v) is 6.27. The summed E-state index contributed by atoms with van der Waals surface area (Å²) in [6.45, 7) is 0. The topological polar surface area (TPSA) is 44.4 Å². The average Bonchev–Trinajstić information content (AvgIpc) is 2.79. The van der Waals surface area contributed by atoms with E-state index in [4.69, 9.17) is 0 Å². The molecule has 4 saturated carbocycles. The lowest BCUT2D eigenvalue weighted by Gasteiger charge is -2.59. The molecule has 2 N–H and O–H groups in total. The van der Waals surface area contributed by atoms with Crippen LogP contribution in [0.25, 0.3) is 0 Å². The Hall–Kier alpha value is -1.55. The van der Waals surface area contributed by atoms with Gasteiger partial charge in [0, 0.05) is 12.6 Å². The smallest absolute Gasteiger partial charge is 0.225 e. The number of nitrogens with one attached hydrogen (secondary N) is 2. The molecule has 5 aliphatic rings. The first-order valence-corrected chi connectivity index (χ1v) is 8.98. The number of carbonyl (C=O) groups is 1. The van der Waals surface area contributed by atoms with Gasteiger partial charge in [-0.2, -0.15) is 0 Å². The summed E-state index contributed by atoms with van der Waals surface area (Å²) in [6.07, 6.45) is 9.02. The molecule has 1 aromatic rings. The SMILES string of the molecule is CN1c2ccccc2NC1(C=O)NC12CC3CC(CC(C3)C1)C2. The van der Waals surface area contributed by atoms with Crippen LogP contribution in [0.2, 0.25) is 0 Å². The Balaban J connectivity index is 1.48. The standard InChI is InChI=1S/C19H25N3O/c1-22-17-5-3-2-4-16(17)20-19(22,12-23)21-18-9-13-6-14(10-18)8-15(7-13)11-18/h2-5,12-15,20-21H,6-11H2,1H3. The summed E-state index contributed by atoms with van der Waals surface area (Å²) in [5, 5.41) is 7.30. The molecule has 1 heterocycles. The fraction of sp³-hybridized carbons (Fsp3) is 0.632. The van der Waals surface area contributed by atoms with Crippen LogP contribution in [0.5, 0.6) is 0 Å². The molecule has 4 aliphatic carbocycles. The predicted octanol–water partition coefficient (Wildman–Crippen LogP) is 2.96. The van der Waals surface area contributed by atoms with Crippen molar-refractivity contribution in [2.75, 3.05) is 17.3 Å². The number of para-hydroxylation sites is 2. The highest BCUT2D eigenvalue weighted by Crippen LogP contribution is 2.56. The second-order valence-electron chi connectivity index (χ2n) is 8.41. The summed E-state index contributed by atoms with van der Waals surface area (Å²) in [6, 6.07) is 8.18. The van der Waals surface area contributed by atoms with Gasteiger partial charge in [-0.1, -0.05) is 12.1 Å². The highest BCUT2D eigenvalue weighted by Gasteiger charge is 2.55. The summed E-state index contributed by atoms with van der Waals surface area (Å²) < 4.78 is 0. The Kier molecular flexibility index (Phi) is 2.71. The second-order valence-corrected chi connectivity index (χ2v) is 8.41. The van der Waals surface area contributed by atoms with Gasteiger partial charge in [-0.15, -0.1) is 0 Å². The van der Waals surface area contributed by atoms with Crippen LogP contribution in [0.1, 0.15) is 38.5 Å². The molecule has 0 spiro atoms. The number of nitrogens with zero attached hydrogens (tertiary/aromatic N) is 1. The highest BCUT2D eigenvalue weighted by molar-refractivity contribution is 5.87. The number of benzene rings is 1. The van der Waals surface area contributed by atoms with Crippen LogP contribution in [0, 0.1) is 17.8 Å². The van der Waals surface area contributed by atoms with Gasteiger partial charge in [0.25, 0.3) is 0 Å². The average molecular weight is 311 g/mol. The van der Waals surface area contributed by atoms with E-state index in [0.29, 0.717) is 0 Å². The molecule has 1 atom stereocenters. The van der Waals surface area contributed by atoms with Crippen LogP contribution < -0.4 is 15.5 Å². The van der Waals surface area contributed by atoms with E-state index in [2.05, 4.69) is 27.7 Å². The number of likely N-dealkylation sites (N-methyl/N-ethyl adjacent to an activating group) is 1. The summed E-state index contributed by atoms with van der Waals surface area (Å²) in [4.78, 5) is 14.2. The van der Waals surface area contributed by atoms with E-state index in [9.17, 15) is 4.79 Å². The number of carbonyl (C=O) groups excluding carboxylic acids is 1. The zero-order valence-corrected chi connectivity index (χ0v) is 13.7. The molecule has 4 nitrogen and oxygen atoms in total. The molecule has 0 aromatic heterocycles. The third-order valence-corrected chi connectivity index (χ3v) is 6.78. The Morgan fingerprint density at radius 3 is 2.30 bits per heavy atom. The van der Waals surface area contributed by atoms with Gasteiger partial charge < -0.3 is 10.2 Å². The lowest BCUT2D eigenvalue weighted by Crippen LogP contribution is -2.71. The molecule has 4 bridgehead atoms. The van der Waals surface area contributed by atoms with Gasteiger partial charge in [-0.25, -0.2) is 0 Å². The van der Waals surface area contributed by atoms with Crippen molar-refractivity contribution in [3.05, 3.63) is 24.3 Å². The van der Waals surface area contributed by atoms with Gasteiger partial charge in [0.15, 0.2) is 6.29 Å². The van der Waals surface area contributed by atoms with Crippen LogP contribution in [-0.2, 0) is 4.79 Å². The number of aldehydes is 1. The minimum atomic E-state index is -0.796. The van der Waals surface area contributed by atoms with Gasteiger partial charge in [-0.05, 0) is 68.4 Å². The fourth-order valence-electron chi connectivity index (χ4n) is 6.27. The van der Waals surface area contributed by atoms with Crippen molar-refractivity contribution in [3.63, 3.8) is 0 Å². The molecular formula is C19H25N3O. The lowest BCUT2D eigenvalue weighted by molar-refractivity contribution is -0.115. The molecule has 0 radical (unpaired) electrons. The van der Waals surface area contributed by atoms with E-state index in [1.54, 1.807) is 0 Å². The molecular weight excluding hydrogens is 286 g/mol.